The van der Waals surface area contributed by atoms with Crippen LogP contribution in [-0.2, 0) is 5.75 Å². The average Bonchev–Trinajstić information content (AvgIpc) is 2.36. The van der Waals surface area contributed by atoms with Gasteiger partial charge in [0.15, 0.2) is 0 Å². The molecule has 98 valence electrons. The van der Waals surface area contributed by atoms with E-state index in [1.807, 2.05) is 25.1 Å². The van der Waals surface area contributed by atoms with Crippen LogP contribution in [0.5, 0.6) is 0 Å². The molecule has 0 aliphatic carbocycles. The molecule has 0 aliphatic heterocycles. The summed E-state index contributed by atoms with van der Waals surface area (Å²) in [6.07, 6.45) is 1.36. The van der Waals surface area contributed by atoms with Crippen molar-refractivity contribution in [2.75, 3.05) is 0 Å². The smallest absolute Gasteiger partial charge is 0.340 e. The number of hydrogen-bond donors (Lipinski definition) is 1. The lowest BCUT2D eigenvalue weighted by Gasteiger charge is -2.06. The molecule has 5 heteroatoms. The normalized spacial score (nSPS) is 10.4. The predicted octanol–water partition coefficient (Wildman–Crippen LogP) is 3.08. The summed E-state index contributed by atoms with van der Waals surface area (Å²) in [5, 5.41) is 9.62. The number of rotatable bonds is 4. The van der Waals surface area contributed by atoms with Crippen LogP contribution in [0.1, 0.15) is 27.3 Å². The maximum atomic E-state index is 11.1. The van der Waals surface area contributed by atoms with Crippen LogP contribution in [0.25, 0.3) is 0 Å². The van der Waals surface area contributed by atoms with Crippen molar-refractivity contribution >= 4 is 17.7 Å². The second kappa shape index (κ2) is 5.84. The van der Waals surface area contributed by atoms with Crippen LogP contribution in [0, 0.1) is 13.8 Å². The molecule has 4 nitrogen and oxygen atoms in total. The second-order valence-electron chi connectivity index (χ2n) is 4.22. The molecule has 0 saturated heterocycles. The van der Waals surface area contributed by atoms with Crippen molar-refractivity contribution < 1.29 is 9.90 Å². The van der Waals surface area contributed by atoms with Gasteiger partial charge in [0.25, 0.3) is 0 Å². The summed E-state index contributed by atoms with van der Waals surface area (Å²) in [5.74, 6) is 0.279. The van der Waals surface area contributed by atoms with Crippen LogP contribution in [0.15, 0.2) is 35.5 Å². The molecular formula is C14H14N2O2S. The van der Waals surface area contributed by atoms with Gasteiger partial charge in [-0.25, -0.2) is 14.8 Å². The largest absolute Gasteiger partial charge is 0.478 e. The van der Waals surface area contributed by atoms with Crippen molar-refractivity contribution in [1.29, 1.82) is 0 Å². The van der Waals surface area contributed by atoms with Gasteiger partial charge >= 0.3 is 5.97 Å². The SMILES string of the molecule is Cc1cccc(CSc2nc(C)ncc2C(=O)O)c1. The minimum Gasteiger partial charge on any atom is -0.478 e. The summed E-state index contributed by atoms with van der Waals surface area (Å²) in [6, 6.07) is 8.14. The van der Waals surface area contributed by atoms with E-state index in [1.165, 1.54) is 23.5 Å². The van der Waals surface area contributed by atoms with Crippen molar-refractivity contribution in [3.05, 3.63) is 53.0 Å². The molecule has 0 atom stereocenters. The van der Waals surface area contributed by atoms with Gasteiger partial charge in [-0.15, -0.1) is 11.8 Å². The molecule has 2 aromatic rings. The van der Waals surface area contributed by atoms with Gasteiger partial charge in [0.05, 0.1) is 0 Å². The highest BCUT2D eigenvalue weighted by Crippen LogP contribution is 2.24. The maximum Gasteiger partial charge on any atom is 0.340 e. The van der Waals surface area contributed by atoms with E-state index in [2.05, 4.69) is 16.0 Å². The molecular weight excluding hydrogens is 260 g/mol. The van der Waals surface area contributed by atoms with E-state index in [1.54, 1.807) is 6.92 Å². The molecule has 0 spiro atoms. The van der Waals surface area contributed by atoms with Crippen LogP contribution < -0.4 is 0 Å². The van der Waals surface area contributed by atoms with E-state index >= 15 is 0 Å². The fourth-order valence-corrected chi connectivity index (χ4v) is 2.63. The van der Waals surface area contributed by atoms with E-state index < -0.39 is 5.97 Å². The zero-order chi connectivity index (χ0) is 13.8. The Balaban J connectivity index is 2.19. The summed E-state index contributed by atoms with van der Waals surface area (Å²) in [6.45, 7) is 3.79. The Labute approximate surface area is 115 Å². The van der Waals surface area contributed by atoms with Crippen molar-refractivity contribution in [3.63, 3.8) is 0 Å². The van der Waals surface area contributed by atoms with Crippen LogP contribution in [0.2, 0.25) is 0 Å². The van der Waals surface area contributed by atoms with Crippen LogP contribution in [0.4, 0.5) is 0 Å². The first kappa shape index (κ1) is 13.5. The van der Waals surface area contributed by atoms with Crippen LogP contribution in [0.3, 0.4) is 0 Å². The van der Waals surface area contributed by atoms with Gasteiger partial charge in [-0.3, -0.25) is 0 Å². The molecule has 0 fully saturated rings. The van der Waals surface area contributed by atoms with Crippen molar-refractivity contribution in [2.24, 2.45) is 0 Å². The molecule has 1 N–H and O–H groups in total. The van der Waals surface area contributed by atoms with Gasteiger partial charge in [-0.1, -0.05) is 29.8 Å². The number of nitrogens with zero attached hydrogens (tertiary/aromatic N) is 2. The summed E-state index contributed by atoms with van der Waals surface area (Å²) in [4.78, 5) is 19.2. The first-order valence-electron chi connectivity index (χ1n) is 5.81. The highest BCUT2D eigenvalue weighted by Gasteiger charge is 2.13. The van der Waals surface area contributed by atoms with Crippen LogP contribution in [-0.4, -0.2) is 21.0 Å². The lowest BCUT2D eigenvalue weighted by atomic mass is 10.2. The fourth-order valence-electron chi connectivity index (χ4n) is 1.66. The van der Waals surface area contributed by atoms with Gasteiger partial charge in [-0.05, 0) is 19.4 Å². The number of aromatic carboxylic acids is 1. The summed E-state index contributed by atoms with van der Waals surface area (Å²) < 4.78 is 0. The summed E-state index contributed by atoms with van der Waals surface area (Å²) in [5.41, 5.74) is 2.50. The van der Waals surface area contributed by atoms with E-state index in [0.717, 1.165) is 5.56 Å². The molecule has 0 radical (unpaired) electrons. The zero-order valence-corrected chi connectivity index (χ0v) is 11.6. The number of aryl methyl sites for hydroxylation is 2. The van der Waals surface area contributed by atoms with Gasteiger partial charge in [0.2, 0.25) is 0 Å². The second-order valence-corrected chi connectivity index (χ2v) is 5.18. The maximum absolute atomic E-state index is 11.1. The number of benzene rings is 1. The Morgan fingerprint density at radius 1 is 1.37 bits per heavy atom. The number of carboxylic acids is 1. The molecule has 2 rings (SSSR count). The summed E-state index contributed by atoms with van der Waals surface area (Å²) in [7, 11) is 0. The van der Waals surface area contributed by atoms with E-state index in [9.17, 15) is 4.79 Å². The number of thioether (sulfide) groups is 1. The molecule has 0 saturated carbocycles. The Bertz CT molecular complexity index is 614. The quantitative estimate of drug-likeness (QED) is 0.685. The Kier molecular flexibility index (Phi) is 4.16. The average molecular weight is 274 g/mol. The Morgan fingerprint density at radius 3 is 2.84 bits per heavy atom. The molecule has 0 amide bonds. The number of hydrogen-bond acceptors (Lipinski definition) is 4. The minimum absolute atomic E-state index is 0.156. The van der Waals surface area contributed by atoms with Gasteiger partial charge in [-0.2, -0.15) is 0 Å². The van der Waals surface area contributed by atoms with E-state index in [4.69, 9.17) is 5.11 Å². The molecule has 19 heavy (non-hydrogen) atoms. The molecule has 0 bridgehead atoms. The first-order valence-corrected chi connectivity index (χ1v) is 6.80. The van der Waals surface area contributed by atoms with Crippen LogP contribution >= 0.6 is 11.8 Å². The van der Waals surface area contributed by atoms with Gasteiger partial charge in [0.1, 0.15) is 16.4 Å². The van der Waals surface area contributed by atoms with Gasteiger partial charge in [0, 0.05) is 11.9 Å². The Hall–Kier alpha value is -1.88. The van der Waals surface area contributed by atoms with Crippen molar-refractivity contribution in [1.82, 2.24) is 9.97 Å². The molecule has 0 unspecified atom stereocenters. The third-order valence-corrected chi connectivity index (χ3v) is 3.62. The first-order chi connectivity index (χ1) is 9.06. The highest BCUT2D eigenvalue weighted by molar-refractivity contribution is 7.98. The minimum atomic E-state index is -0.994. The number of carbonyl (C=O) groups is 1. The third kappa shape index (κ3) is 3.54. The molecule has 1 aromatic carbocycles. The topological polar surface area (TPSA) is 63.1 Å². The molecule has 0 aliphatic rings. The Morgan fingerprint density at radius 2 is 2.16 bits per heavy atom. The number of carboxylic acid groups (broad SMARTS) is 1. The van der Waals surface area contributed by atoms with E-state index in [0.29, 0.717) is 16.6 Å². The lowest BCUT2D eigenvalue weighted by molar-refractivity contribution is 0.0691. The van der Waals surface area contributed by atoms with Crippen molar-refractivity contribution in [3.8, 4) is 0 Å². The zero-order valence-electron chi connectivity index (χ0n) is 10.8. The lowest BCUT2D eigenvalue weighted by Crippen LogP contribution is -2.03. The molecule has 1 heterocycles. The number of aromatic nitrogens is 2. The fraction of sp³-hybridized carbons (Fsp3) is 0.214. The van der Waals surface area contributed by atoms with E-state index in [-0.39, 0.29) is 5.56 Å². The van der Waals surface area contributed by atoms with Gasteiger partial charge < -0.3 is 5.11 Å². The molecule has 1 aromatic heterocycles. The third-order valence-electron chi connectivity index (χ3n) is 2.56. The summed E-state index contributed by atoms with van der Waals surface area (Å²) >= 11 is 1.42. The monoisotopic (exact) mass is 274 g/mol. The highest BCUT2D eigenvalue weighted by atomic mass is 32.2. The van der Waals surface area contributed by atoms with Crippen molar-refractivity contribution in [2.45, 2.75) is 24.6 Å². The standard InChI is InChI=1S/C14H14N2O2S/c1-9-4-3-5-11(6-9)8-19-13-12(14(17)18)7-15-10(2)16-13/h3-7H,8H2,1-2H3,(H,17,18). The predicted molar refractivity (Wildman–Crippen MR) is 74.5 cm³/mol.